The molecule has 9 heteroatoms. The Bertz CT molecular complexity index is 900. The summed E-state index contributed by atoms with van der Waals surface area (Å²) in [6, 6.07) is 11.2. The van der Waals surface area contributed by atoms with E-state index in [4.69, 9.17) is 4.74 Å². The SMILES string of the molecule is COc1cc([N+](=O)[O-])ccc1N1C[C@@H](C(=O)Nc2ccc(Br)cc2)CC1=O. The molecule has 1 saturated heterocycles. The third-order valence-electron chi connectivity index (χ3n) is 4.27. The minimum absolute atomic E-state index is 0.0580. The van der Waals surface area contributed by atoms with E-state index in [2.05, 4.69) is 21.2 Å². The van der Waals surface area contributed by atoms with E-state index in [0.29, 0.717) is 11.4 Å². The van der Waals surface area contributed by atoms with Crippen molar-refractivity contribution in [2.75, 3.05) is 23.9 Å². The highest BCUT2D eigenvalue weighted by Gasteiger charge is 2.36. The third-order valence-corrected chi connectivity index (χ3v) is 4.80. The molecule has 1 heterocycles. The average molecular weight is 434 g/mol. The number of nitro groups is 1. The monoisotopic (exact) mass is 433 g/mol. The van der Waals surface area contributed by atoms with E-state index in [1.54, 1.807) is 12.1 Å². The van der Waals surface area contributed by atoms with Crippen LogP contribution in [0.25, 0.3) is 0 Å². The summed E-state index contributed by atoms with van der Waals surface area (Å²) < 4.78 is 6.09. The number of anilines is 2. The molecule has 1 aliphatic heterocycles. The first kappa shape index (κ1) is 18.8. The molecule has 1 N–H and O–H groups in total. The lowest BCUT2D eigenvalue weighted by atomic mass is 10.1. The fourth-order valence-corrected chi connectivity index (χ4v) is 3.16. The minimum atomic E-state index is -0.535. The van der Waals surface area contributed by atoms with E-state index >= 15 is 0 Å². The lowest BCUT2D eigenvalue weighted by molar-refractivity contribution is -0.384. The van der Waals surface area contributed by atoms with Gasteiger partial charge in [0.1, 0.15) is 5.75 Å². The molecular weight excluding hydrogens is 418 g/mol. The molecule has 1 fully saturated rings. The molecule has 0 aliphatic carbocycles. The number of hydrogen-bond acceptors (Lipinski definition) is 5. The number of nitrogens with zero attached hydrogens (tertiary/aromatic N) is 2. The van der Waals surface area contributed by atoms with Gasteiger partial charge in [0.15, 0.2) is 0 Å². The molecule has 2 aromatic carbocycles. The van der Waals surface area contributed by atoms with E-state index in [-0.39, 0.29) is 36.2 Å². The maximum atomic E-state index is 12.5. The maximum absolute atomic E-state index is 12.5. The molecule has 140 valence electrons. The second kappa shape index (κ2) is 7.75. The number of methoxy groups -OCH3 is 1. The molecule has 0 saturated carbocycles. The number of ether oxygens (including phenoxy) is 1. The average Bonchev–Trinajstić information content (AvgIpc) is 3.04. The molecule has 0 bridgehead atoms. The van der Waals surface area contributed by atoms with Gasteiger partial charge in [-0.3, -0.25) is 19.7 Å². The van der Waals surface area contributed by atoms with Gasteiger partial charge in [-0.2, -0.15) is 0 Å². The van der Waals surface area contributed by atoms with E-state index < -0.39 is 10.8 Å². The van der Waals surface area contributed by atoms with Crippen molar-refractivity contribution in [3.05, 3.63) is 57.1 Å². The molecule has 0 aromatic heterocycles. The third kappa shape index (κ3) is 4.08. The van der Waals surface area contributed by atoms with Crippen LogP contribution in [0.15, 0.2) is 46.9 Å². The number of non-ortho nitro benzene ring substituents is 1. The Morgan fingerprint density at radius 1 is 1.30 bits per heavy atom. The highest BCUT2D eigenvalue weighted by atomic mass is 79.9. The largest absolute Gasteiger partial charge is 0.494 e. The van der Waals surface area contributed by atoms with Crippen LogP contribution in [0.4, 0.5) is 17.1 Å². The van der Waals surface area contributed by atoms with Gasteiger partial charge in [0.05, 0.1) is 29.7 Å². The number of benzene rings is 2. The predicted octanol–water partition coefficient (Wildman–Crippen LogP) is 3.36. The smallest absolute Gasteiger partial charge is 0.273 e. The number of amides is 2. The van der Waals surface area contributed by atoms with Crippen LogP contribution in [-0.2, 0) is 9.59 Å². The van der Waals surface area contributed by atoms with Gasteiger partial charge < -0.3 is 15.0 Å². The van der Waals surface area contributed by atoms with Gasteiger partial charge in [0, 0.05) is 29.2 Å². The minimum Gasteiger partial charge on any atom is -0.494 e. The number of carbonyl (C=O) groups is 2. The Balaban J connectivity index is 1.76. The topological polar surface area (TPSA) is 102 Å². The Labute approximate surface area is 163 Å². The van der Waals surface area contributed by atoms with Crippen molar-refractivity contribution < 1.29 is 19.2 Å². The zero-order valence-corrected chi connectivity index (χ0v) is 15.9. The second-order valence-corrected chi connectivity index (χ2v) is 6.93. The van der Waals surface area contributed by atoms with Crippen molar-refractivity contribution in [3.8, 4) is 5.75 Å². The van der Waals surface area contributed by atoms with Gasteiger partial charge in [-0.25, -0.2) is 0 Å². The van der Waals surface area contributed by atoms with Crippen molar-refractivity contribution in [2.24, 2.45) is 5.92 Å². The Kier molecular flexibility index (Phi) is 5.41. The first-order chi connectivity index (χ1) is 12.9. The lowest BCUT2D eigenvalue weighted by Gasteiger charge is -2.19. The molecule has 3 rings (SSSR count). The fourth-order valence-electron chi connectivity index (χ4n) is 2.90. The van der Waals surface area contributed by atoms with Crippen LogP contribution in [0.5, 0.6) is 5.75 Å². The first-order valence-electron chi connectivity index (χ1n) is 8.08. The Morgan fingerprint density at radius 3 is 2.63 bits per heavy atom. The molecule has 2 aromatic rings. The van der Waals surface area contributed by atoms with Crippen molar-refractivity contribution in [3.63, 3.8) is 0 Å². The zero-order valence-electron chi connectivity index (χ0n) is 14.3. The van der Waals surface area contributed by atoms with E-state index in [1.807, 2.05) is 12.1 Å². The predicted molar refractivity (Wildman–Crippen MR) is 103 cm³/mol. The molecule has 2 amide bonds. The van der Waals surface area contributed by atoms with Crippen molar-refractivity contribution in [2.45, 2.75) is 6.42 Å². The van der Waals surface area contributed by atoms with Gasteiger partial charge in [0.2, 0.25) is 11.8 Å². The summed E-state index contributed by atoms with van der Waals surface area (Å²) in [5, 5.41) is 13.7. The summed E-state index contributed by atoms with van der Waals surface area (Å²) in [5.41, 5.74) is 0.917. The number of rotatable bonds is 5. The zero-order chi connectivity index (χ0) is 19.6. The van der Waals surface area contributed by atoms with Gasteiger partial charge in [0.25, 0.3) is 5.69 Å². The standard InChI is InChI=1S/C18H16BrN3O5/c1-27-16-9-14(22(25)26)6-7-15(16)21-10-11(8-17(21)23)18(24)20-13-4-2-12(19)3-5-13/h2-7,9,11H,8,10H2,1H3,(H,20,24)/t11-/m0/s1. The molecule has 8 nitrogen and oxygen atoms in total. The van der Waals surface area contributed by atoms with Gasteiger partial charge in [-0.15, -0.1) is 0 Å². The molecule has 0 radical (unpaired) electrons. The number of hydrogen-bond donors (Lipinski definition) is 1. The number of nitro benzene ring substituents is 1. The van der Waals surface area contributed by atoms with E-state index in [9.17, 15) is 19.7 Å². The normalized spacial score (nSPS) is 16.3. The Hall–Kier alpha value is -2.94. The molecule has 1 atom stereocenters. The summed E-state index contributed by atoms with van der Waals surface area (Å²) in [6.07, 6.45) is 0.0580. The summed E-state index contributed by atoms with van der Waals surface area (Å²) in [5.74, 6) is -0.806. The maximum Gasteiger partial charge on any atom is 0.273 e. The van der Waals surface area contributed by atoms with Crippen LogP contribution >= 0.6 is 15.9 Å². The molecule has 27 heavy (non-hydrogen) atoms. The number of nitrogens with one attached hydrogen (secondary N) is 1. The van der Waals surface area contributed by atoms with Crippen LogP contribution in [0.2, 0.25) is 0 Å². The van der Waals surface area contributed by atoms with Gasteiger partial charge in [-0.1, -0.05) is 15.9 Å². The second-order valence-electron chi connectivity index (χ2n) is 6.01. The molecule has 0 spiro atoms. The lowest BCUT2D eigenvalue weighted by Crippen LogP contribution is -2.28. The summed E-state index contributed by atoms with van der Waals surface area (Å²) in [6.45, 7) is 0.176. The molecule has 1 aliphatic rings. The number of carbonyl (C=O) groups excluding carboxylic acids is 2. The summed E-state index contributed by atoms with van der Waals surface area (Å²) in [4.78, 5) is 36.7. The highest BCUT2D eigenvalue weighted by Crippen LogP contribution is 2.36. The molecular formula is C18H16BrN3O5. The van der Waals surface area contributed by atoms with Crippen molar-refractivity contribution in [1.29, 1.82) is 0 Å². The summed E-state index contributed by atoms with van der Waals surface area (Å²) in [7, 11) is 1.38. The highest BCUT2D eigenvalue weighted by molar-refractivity contribution is 9.10. The van der Waals surface area contributed by atoms with Gasteiger partial charge >= 0.3 is 0 Å². The van der Waals surface area contributed by atoms with E-state index in [1.165, 1.54) is 30.2 Å². The number of halogens is 1. The van der Waals surface area contributed by atoms with E-state index in [0.717, 1.165) is 4.47 Å². The van der Waals surface area contributed by atoms with Crippen LogP contribution in [0, 0.1) is 16.0 Å². The molecule has 0 unspecified atom stereocenters. The van der Waals surface area contributed by atoms with Crippen LogP contribution in [0.3, 0.4) is 0 Å². The first-order valence-corrected chi connectivity index (χ1v) is 8.87. The summed E-state index contributed by atoms with van der Waals surface area (Å²) >= 11 is 3.33. The van der Waals surface area contributed by atoms with Crippen LogP contribution < -0.4 is 15.0 Å². The van der Waals surface area contributed by atoms with Crippen molar-refractivity contribution in [1.82, 2.24) is 0 Å². The van der Waals surface area contributed by atoms with Crippen LogP contribution in [-0.4, -0.2) is 30.4 Å². The Morgan fingerprint density at radius 2 is 2.00 bits per heavy atom. The van der Waals surface area contributed by atoms with Gasteiger partial charge in [-0.05, 0) is 30.3 Å². The quantitative estimate of drug-likeness (QED) is 0.575. The fraction of sp³-hybridized carbons (Fsp3) is 0.222. The van der Waals surface area contributed by atoms with Crippen molar-refractivity contribution >= 4 is 44.8 Å². The van der Waals surface area contributed by atoms with Crippen LogP contribution in [0.1, 0.15) is 6.42 Å².